The number of hydrogen-bond donors (Lipinski definition) is 1. The van der Waals surface area contributed by atoms with E-state index in [0.29, 0.717) is 0 Å². The molecule has 0 amide bonds. The van der Waals surface area contributed by atoms with Gasteiger partial charge in [-0.2, -0.15) is 0 Å². The third-order valence-corrected chi connectivity index (χ3v) is 6.89. The van der Waals surface area contributed by atoms with Crippen LogP contribution in [0.15, 0.2) is 4.99 Å². The molecule has 0 aliphatic carbocycles. The molecule has 1 unspecified atom stereocenters. The quantitative estimate of drug-likeness (QED) is 0.430. The minimum atomic E-state index is -1.96. The normalized spacial score (nSPS) is 16.1. The standard InChI is InChI=1S/C8H19N2OPS2/c1-5-6-14-12(13,10-7-9-4)11-8(2)3/h7-8H,5-6H2,1-4H3,(H,9,10,13). The molecule has 0 aliphatic heterocycles. The Hall–Kier alpha value is 0.430. The molecule has 0 radical (unpaired) electrons. The summed E-state index contributed by atoms with van der Waals surface area (Å²) in [5, 5.41) is 3.09. The number of nitrogens with one attached hydrogen (secondary N) is 1. The second-order valence-electron chi connectivity index (χ2n) is 3.00. The molecule has 0 bridgehead atoms. The molecule has 1 atom stereocenters. The van der Waals surface area contributed by atoms with Gasteiger partial charge in [0.25, 0.3) is 0 Å². The maximum Gasteiger partial charge on any atom is 0.211 e. The predicted molar refractivity (Wildman–Crippen MR) is 70.8 cm³/mol. The summed E-state index contributed by atoms with van der Waals surface area (Å²) in [5.41, 5.74) is -1.96. The molecule has 0 rings (SSSR count). The minimum Gasteiger partial charge on any atom is -0.324 e. The fourth-order valence-electron chi connectivity index (χ4n) is 0.716. The smallest absolute Gasteiger partial charge is 0.211 e. The first-order valence-electron chi connectivity index (χ1n) is 4.65. The summed E-state index contributed by atoms with van der Waals surface area (Å²) < 4.78 is 5.73. The minimum absolute atomic E-state index is 0.156. The van der Waals surface area contributed by atoms with Crippen molar-refractivity contribution in [2.75, 3.05) is 12.8 Å². The Morgan fingerprint density at radius 3 is 2.71 bits per heavy atom. The van der Waals surface area contributed by atoms with E-state index in [0.717, 1.165) is 12.2 Å². The third kappa shape index (κ3) is 6.82. The second-order valence-corrected chi connectivity index (χ2v) is 9.68. The monoisotopic (exact) mass is 254 g/mol. The van der Waals surface area contributed by atoms with Crippen LogP contribution in [0, 0.1) is 0 Å². The van der Waals surface area contributed by atoms with Crippen molar-refractivity contribution in [3.05, 3.63) is 0 Å². The lowest BCUT2D eigenvalue weighted by molar-refractivity contribution is 0.274. The zero-order chi connectivity index (χ0) is 11.0. The topological polar surface area (TPSA) is 33.6 Å². The summed E-state index contributed by atoms with van der Waals surface area (Å²) in [7, 11) is 1.71. The molecule has 3 nitrogen and oxygen atoms in total. The molecule has 0 spiro atoms. The highest BCUT2D eigenvalue weighted by atomic mass is 32.9. The van der Waals surface area contributed by atoms with Crippen molar-refractivity contribution in [3.8, 4) is 0 Å². The largest absolute Gasteiger partial charge is 0.324 e. The first kappa shape index (κ1) is 14.4. The van der Waals surface area contributed by atoms with Crippen molar-refractivity contribution in [3.63, 3.8) is 0 Å². The highest BCUT2D eigenvalue weighted by molar-refractivity contribution is 8.68. The summed E-state index contributed by atoms with van der Waals surface area (Å²) in [4.78, 5) is 3.87. The zero-order valence-corrected chi connectivity index (χ0v) is 11.7. The predicted octanol–water partition coefficient (Wildman–Crippen LogP) is 3.03. The summed E-state index contributed by atoms with van der Waals surface area (Å²) in [6, 6.07) is 0. The van der Waals surface area contributed by atoms with Crippen LogP contribution in [0.4, 0.5) is 0 Å². The zero-order valence-electron chi connectivity index (χ0n) is 9.19. The second kappa shape index (κ2) is 7.69. The van der Waals surface area contributed by atoms with E-state index in [9.17, 15) is 0 Å². The molecule has 0 aliphatic rings. The third-order valence-electron chi connectivity index (χ3n) is 1.16. The van der Waals surface area contributed by atoms with E-state index in [1.54, 1.807) is 24.8 Å². The Bertz CT molecular complexity index is 221. The average Bonchev–Trinajstić information content (AvgIpc) is 2.11. The van der Waals surface area contributed by atoms with Crippen LogP contribution in [0.2, 0.25) is 0 Å². The molecule has 0 fully saturated rings. The first-order chi connectivity index (χ1) is 6.54. The van der Waals surface area contributed by atoms with Gasteiger partial charge in [0.15, 0.2) is 0 Å². The van der Waals surface area contributed by atoms with Gasteiger partial charge in [0.1, 0.15) is 0 Å². The molecule has 0 saturated carbocycles. The average molecular weight is 254 g/mol. The van der Waals surface area contributed by atoms with Crippen molar-refractivity contribution in [2.24, 2.45) is 4.99 Å². The van der Waals surface area contributed by atoms with E-state index in [4.69, 9.17) is 16.3 Å². The van der Waals surface area contributed by atoms with Gasteiger partial charge in [0, 0.05) is 12.8 Å². The van der Waals surface area contributed by atoms with Gasteiger partial charge in [0.2, 0.25) is 5.62 Å². The van der Waals surface area contributed by atoms with E-state index >= 15 is 0 Å². The van der Waals surface area contributed by atoms with E-state index in [1.807, 2.05) is 13.8 Å². The lowest BCUT2D eigenvalue weighted by Crippen LogP contribution is -2.11. The molecule has 0 aromatic carbocycles. The van der Waals surface area contributed by atoms with Gasteiger partial charge in [-0.1, -0.05) is 18.3 Å². The summed E-state index contributed by atoms with van der Waals surface area (Å²) in [6.07, 6.45) is 2.89. The van der Waals surface area contributed by atoms with Crippen molar-refractivity contribution < 1.29 is 4.52 Å². The van der Waals surface area contributed by atoms with Crippen LogP contribution in [0.5, 0.6) is 0 Å². The SMILES string of the molecule is CCCSP(=S)(NC=NC)OC(C)C. The Kier molecular flexibility index (Phi) is 7.92. The highest BCUT2D eigenvalue weighted by Crippen LogP contribution is 2.56. The van der Waals surface area contributed by atoms with Crippen LogP contribution in [0.1, 0.15) is 27.2 Å². The van der Waals surface area contributed by atoms with Crippen LogP contribution in [-0.2, 0) is 16.3 Å². The van der Waals surface area contributed by atoms with Crippen LogP contribution in [0.25, 0.3) is 0 Å². The number of rotatable bonds is 7. The summed E-state index contributed by atoms with van der Waals surface area (Å²) >= 11 is 7.15. The molecule has 84 valence electrons. The Morgan fingerprint density at radius 1 is 1.64 bits per heavy atom. The van der Waals surface area contributed by atoms with Gasteiger partial charge >= 0.3 is 0 Å². The van der Waals surface area contributed by atoms with E-state index in [2.05, 4.69) is 17.0 Å². The lowest BCUT2D eigenvalue weighted by Gasteiger charge is -2.23. The van der Waals surface area contributed by atoms with Crippen LogP contribution < -0.4 is 5.09 Å². The molecule has 0 aromatic rings. The van der Waals surface area contributed by atoms with Gasteiger partial charge < -0.3 is 9.61 Å². The van der Waals surface area contributed by atoms with Crippen LogP contribution in [0.3, 0.4) is 0 Å². The summed E-state index contributed by atoms with van der Waals surface area (Å²) in [6.45, 7) is 6.13. The van der Waals surface area contributed by atoms with Gasteiger partial charge in [0.05, 0.1) is 12.4 Å². The molecule has 14 heavy (non-hydrogen) atoms. The lowest BCUT2D eigenvalue weighted by atomic mass is 10.5. The van der Waals surface area contributed by atoms with Crippen molar-refractivity contribution in [2.45, 2.75) is 33.3 Å². The maximum atomic E-state index is 5.73. The molecule has 0 aromatic heterocycles. The van der Waals surface area contributed by atoms with Crippen molar-refractivity contribution >= 4 is 35.1 Å². The molecule has 6 heteroatoms. The fraction of sp³-hybridized carbons (Fsp3) is 0.875. The Labute approximate surface area is 96.0 Å². The number of aliphatic imine (C=N–C) groups is 1. The van der Waals surface area contributed by atoms with Crippen LogP contribution in [-0.4, -0.2) is 25.2 Å². The van der Waals surface area contributed by atoms with Crippen molar-refractivity contribution in [1.82, 2.24) is 5.09 Å². The molecular formula is C8H19N2OPS2. The molecule has 0 heterocycles. The van der Waals surface area contributed by atoms with Gasteiger partial charge in [-0.05, 0) is 32.1 Å². The Morgan fingerprint density at radius 2 is 2.29 bits per heavy atom. The number of nitrogens with zero attached hydrogens (tertiary/aromatic N) is 1. The Balaban J connectivity index is 4.25. The summed E-state index contributed by atoms with van der Waals surface area (Å²) in [5.74, 6) is 1.02. The first-order valence-corrected chi connectivity index (χ1v) is 8.96. The number of hydrogen-bond acceptors (Lipinski definition) is 4. The van der Waals surface area contributed by atoms with E-state index in [1.165, 1.54) is 0 Å². The highest BCUT2D eigenvalue weighted by Gasteiger charge is 2.18. The van der Waals surface area contributed by atoms with Gasteiger partial charge in [-0.25, -0.2) is 0 Å². The van der Waals surface area contributed by atoms with Crippen LogP contribution >= 0.6 is 17.0 Å². The van der Waals surface area contributed by atoms with E-state index < -0.39 is 5.62 Å². The van der Waals surface area contributed by atoms with Gasteiger partial charge in [-0.3, -0.25) is 4.99 Å². The van der Waals surface area contributed by atoms with Crippen molar-refractivity contribution in [1.29, 1.82) is 0 Å². The van der Waals surface area contributed by atoms with Gasteiger partial charge in [-0.15, -0.1) is 0 Å². The fourth-order valence-corrected chi connectivity index (χ4v) is 5.81. The molecular weight excluding hydrogens is 235 g/mol. The molecule has 0 saturated heterocycles. The molecule has 1 N–H and O–H groups in total. The maximum absolute atomic E-state index is 5.73. The van der Waals surface area contributed by atoms with E-state index in [-0.39, 0.29) is 6.10 Å².